The molecule has 3 aromatic carbocycles. The quantitative estimate of drug-likeness (QED) is 0.212. The second-order valence-corrected chi connectivity index (χ2v) is 9.50. The van der Waals surface area contributed by atoms with Gasteiger partial charge in [0.1, 0.15) is 17.1 Å². The molecule has 2 N–H and O–H groups in total. The number of carbonyl (C=O) groups is 4. The van der Waals surface area contributed by atoms with Crippen molar-refractivity contribution in [3.05, 3.63) is 76.8 Å². The maximum atomic E-state index is 13.4. The molecule has 12 heteroatoms. The lowest BCUT2D eigenvalue weighted by Crippen LogP contribution is -2.54. The Bertz CT molecular complexity index is 1570. The highest BCUT2D eigenvalue weighted by molar-refractivity contribution is 6.39. The monoisotopic (exact) mass is 607 g/mol. The lowest BCUT2D eigenvalue weighted by Gasteiger charge is -2.27. The van der Waals surface area contributed by atoms with Crippen LogP contribution in [0.4, 0.5) is 16.2 Å². The van der Waals surface area contributed by atoms with Crippen LogP contribution in [0.5, 0.6) is 23.0 Å². The zero-order valence-electron chi connectivity index (χ0n) is 23.8. The molecule has 0 spiro atoms. The number of benzene rings is 3. The average molecular weight is 608 g/mol. The van der Waals surface area contributed by atoms with E-state index in [1.165, 1.54) is 37.5 Å². The Morgan fingerprint density at radius 2 is 1.70 bits per heavy atom. The molecule has 1 fully saturated rings. The zero-order chi connectivity index (χ0) is 30.9. The number of anilines is 2. The average Bonchev–Trinajstić information content (AvgIpc) is 2.98. The highest BCUT2D eigenvalue weighted by Crippen LogP contribution is 2.34. The van der Waals surface area contributed by atoms with Gasteiger partial charge in [0.25, 0.3) is 17.7 Å². The number of nitrogens with one attached hydrogen (secondary N) is 2. The van der Waals surface area contributed by atoms with Gasteiger partial charge < -0.3 is 24.3 Å². The third-order valence-electron chi connectivity index (χ3n) is 6.06. The molecule has 1 saturated heterocycles. The summed E-state index contributed by atoms with van der Waals surface area (Å²) in [7, 11) is 1.50. The SMILES string of the molecule is CCCOc1ccc(N2C(=O)NC(=O)/C(=C\c3ccc(OCC(=O)Nc4ccccc4OC)c(Cl)c3)C2=O)cc1OCC. The van der Waals surface area contributed by atoms with Crippen molar-refractivity contribution in [1.82, 2.24) is 5.32 Å². The number of nitrogens with zero attached hydrogens (tertiary/aromatic N) is 1. The third kappa shape index (κ3) is 7.44. The van der Waals surface area contributed by atoms with Crippen LogP contribution >= 0.6 is 11.6 Å². The number of ether oxygens (including phenoxy) is 4. The fourth-order valence-corrected chi connectivity index (χ4v) is 4.34. The van der Waals surface area contributed by atoms with Crippen molar-refractivity contribution in [2.75, 3.05) is 37.1 Å². The molecule has 4 rings (SSSR count). The van der Waals surface area contributed by atoms with Crippen molar-refractivity contribution in [1.29, 1.82) is 0 Å². The number of urea groups is 1. The molecule has 0 saturated carbocycles. The molecule has 0 aromatic heterocycles. The maximum absolute atomic E-state index is 13.4. The van der Waals surface area contributed by atoms with Crippen LogP contribution in [0, 0.1) is 0 Å². The smallest absolute Gasteiger partial charge is 0.335 e. The highest BCUT2D eigenvalue weighted by Gasteiger charge is 2.37. The van der Waals surface area contributed by atoms with Crippen LogP contribution in [0.1, 0.15) is 25.8 Å². The van der Waals surface area contributed by atoms with Crippen LogP contribution in [0.15, 0.2) is 66.2 Å². The van der Waals surface area contributed by atoms with Gasteiger partial charge in [-0.15, -0.1) is 0 Å². The van der Waals surface area contributed by atoms with Crippen LogP contribution < -0.4 is 34.5 Å². The third-order valence-corrected chi connectivity index (χ3v) is 6.35. The highest BCUT2D eigenvalue weighted by atomic mass is 35.5. The summed E-state index contributed by atoms with van der Waals surface area (Å²) in [5.74, 6) is -0.580. The molecular weight excluding hydrogens is 578 g/mol. The van der Waals surface area contributed by atoms with Crippen molar-refractivity contribution < 1.29 is 38.1 Å². The number of barbiturate groups is 1. The zero-order valence-corrected chi connectivity index (χ0v) is 24.5. The number of rotatable bonds is 12. The molecule has 3 aromatic rings. The fourth-order valence-electron chi connectivity index (χ4n) is 4.10. The minimum absolute atomic E-state index is 0.139. The number of imide groups is 2. The van der Waals surface area contributed by atoms with Crippen LogP contribution in [-0.2, 0) is 14.4 Å². The summed E-state index contributed by atoms with van der Waals surface area (Å²) >= 11 is 6.38. The first kappa shape index (κ1) is 30.9. The van der Waals surface area contributed by atoms with Crippen LogP contribution in [0.2, 0.25) is 5.02 Å². The molecule has 5 amide bonds. The Hall–Kier alpha value is -5.03. The normalized spacial score (nSPS) is 13.9. The molecule has 0 bridgehead atoms. The molecule has 1 aliphatic heterocycles. The van der Waals surface area contributed by atoms with Gasteiger partial charge in [-0.05, 0) is 61.4 Å². The topological polar surface area (TPSA) is 132 Å². The first-order chi connectivity index (χ1) is 20.7. The van der Waals surface area contributed by atoms with E-state index in [1.807, 2.05) is 6.92 Å². The van der Waals surface area contributed by atoms with E-state index in [-0.39, 0.29) is 28.6 Å². The van der Waals surface area contributed by atoms with Crippen molar-refractivity contribution >= 4 is 52.8 Å². The predicted octanol–water partition coefficient (Wildman–Crippen LogP) is 5.22. The van der Waals surface area contributed by atoms with Gasteiger partial charge in [-0.3, -0.25) is 19.7 Å². The second kappa shape index (κ2) is 14.2. The van der Waals surface area contributed by atoms with Gasteiger partial charge in [0.2, 0.25) is 0 Å². The summed E-state index contributed by atoms with van der Waals surface area (Å²) in [6.07, 6.45) is 2.09. The molecule has 1 heterocycles. The Labute approximate surface area is 253 Å². The second-order valence-electron chi connectivity index (χ2n) is 9.10. The van der Waals surface area contributed by atoms with Crippen LogP contribution in [-0.4, -0.2) is 50.7 Å². The van der Waals surface area contributed by atoms with Gasteiger partial charge in [0.05, 0.1) is 36.7 Å². The lowest BCUT2D eigenvalue weighted by atomic mass is 10.1. The van der Waals surface area contributed by atoms with Crippen LogP contribution in [0.3, 0.4) is 0 Å². The van der Waals surface area contributed by atoms with Gasteiger partial charge in [0.15, 0.2) is 18.1 Å². The number of carbonyl (C=O) groups excluding carboxylic acids is 4. The molecule has 11 nitrogen and oxygen atoms in total. The number of amides is 5. The molecule has 224 valence electrons. The van der Waals surface area contributed by atoms with E-state index in [0.717, 1.165) is 11.3 Å². The van der Waals surface area contributed by atoms with E-state index in [0.29, 0.717) is 41.7 Å². The van der Waals surface area contributed by atoms with Gasteiger partial charge in [-0.2, -0.15) is 0 Å². The van der Waals surface area contributed by atoms with Crippen molar-refractivity contribution in [2.45, 2.75) is 20.3 Å². The summed E-state index contributed by atoms with van der Waals surface area (Å²) in [6, 6.07) is 15.2. The predicted molar refractivity (Wildman–Crippen MR) is 161 cm³/mol. The Kier molecular flexibility index (Phi) is 10.2. The summed E-state index contributed by atoms with van der Waals surface area (Å²) in [5.41, 5.74) is 0.789. The standard InChI is InChI=1S/C31H30ClN3O8/c1-4-14-42-26-13-11-20(17-27(26)41-5-2)35-30(38)21(29(37)34-31(35)39)15-19-10-12-24(22(32)16-19)43-18-28(36)33-23-8-6-7-9-25(23)40-3/h6-13,15-17H,4-5,14,18H2,1-3H3,(H,33,36)(H,34,37,39)/b21-15+. The van der Waals surface area contributed by atoms with Crippen molar-refractivity contribution in [3.63, 3.8) is 0 Å². The van der Waals surface area contributed by atoms with E-state index >= 15 is 0 Å². The fraction of sp³-hybridized carbons (Fsp3) is 0.226. The molecule has 43 heavy (non-hydrogen) atoms. The molecule has 1 aliphatic rings. The molecular formula is C31H30ClN3O8. The summed E-state index contributed by atoms with van der Waals surface area (Å²) < 4.78 is 22.1. The maximum Gasteiger partial charge on any atom is 0.335 e. The lowest BCUT2D eigenvalue weighted by molar-refractivity contribution is -0.122. The van der Waals surface area contributed by atoms with E-state index in [2.05, 4.69) is 10.6 Å². The van der Waals surface area contributed by atoms with Gasteiger partial charge in [-0.1, -0.05) is 36.7 Å². The van der Waals surface area contributed by atoms with E-state index in [1.54, 1.807) is 43.3 Å². The number of hydrogen-bond acceptors (Lipinski definition) is 8. The van der Waals surface area contributed by atoms with Crippen LogP contribution in [0.25, 0.3) is 6.08 Å². The first-order valence-corrected chi connectivity index (χ1v) is 13.8. The molecule has 0 unspecified atom stereocenters. The first-order valence-electron chi connectivity index (χ1n) is 13.4. The summed E-state index contributed by atoms with van der Waals surface area (Å²) in [6.45, 7) is 4.23. The number of halogens is 1. The van der Waals surface area contributed by atoms with Gasteiger partial charge in [0, 0.05) is 6.07 Å². The molecule has 0 radical (unpaired) electrons. The molecule has 0 aliphatic carbocycles. The largest absolute Gasteiger partial charge is 0.495 e. The van der Waals surface area contributed by atoms with E-state index < -0.39 is 23.8 Å². The number of para-hydroxylation sites is 2. The number of methoxy groups -OCH3 is 1. The Morgan fingerprint density at radius 1 is 0.930 bits per heavy atom. The Balaban J connectivity index is 1.50. The van der Waals surface area contributed by atoms with E-state index in [9.17, 15) is 19.2 Å². The van der Waals surface area contributed by atoms with Gasteiger partial charge >= 0.3 is 6.03 Å². The van der Waals surface area contributed by atoms with Crippen molar-refractivity contribution in [3.8, 4) is 23.0 Å². The molecule has 0 atom stereocenters. The Morgan fingerprint density at radius 3 is 2.42 bits per heavy atom. The summed E-state index contributed by atoms with van der Waals surface area (Å²) in [4.78, 5) is 52.0. The summed E-state index contributed by atoms with van der Waals surface area (Å²) in [5, 5.41) is 5.03. The van der Waals surface area contributed by atoms with E-state index in [4.69, 9.17) is 30.5 Å². The van der Waals surface area contributed by atoms with Crippen molar-refractivity contribution in [2.24, 2.45) is 0 Å². The minimum atomic E-state index is -0.898. The number of hydrogen-bond donors (Lipinski definition) is 2. The minimum Gasteiger partial charge on any atom is -0.495 e. The van der Waals surface area contributed by atoms with Gasteiger partial charge in [-0.25, -0.2) is 9.69 Å².